The Kier molecular flexibility index (Phi) is 50.5. The molecular formula is C88H126O28. The number of hydrogen-bond acceptors (Lipinski definition) is 28. The van der Waals surface area contributed by atoms with Crippen LogP contribution in [0.4, 0.5) is 0 Å². The highest BCUT2D eigenvalue weighted by molar-refractivity contribution is 5.58. The normalized spacial score (nSPS) is 11.0. The smallest absolute Gasteiger partial charge is 0.127 e. The van der Waals surface area contributed by atoms with Gasteiger partial charge in [-0.1, -0.05) is 55.8 Å². The standard InChI is InChI=1S/C17H20O6.C14H22O4.C14H22O3.C12H18O4.C11H16O3.C10H14O6.C10H14O2/c18-6-12-2-10(3-13(7-19)16(12)22)1-11-4-14(8-20)17(23)15(5-11)9-21;1-9-11(5-6-15)10(2)13(8-18-4)14(16)12(9)7-17-3;1-5-10(2)11-6-12(8-16-3)14(15)13(7-11)9-17-4;1-15-7-10-5-9(3-4-13)6-11(8-16-2)12(10)14;1-8-4-9(6-13-2)11(12)10(5-8)7-14-3;11-1-5-6(2-12)10(16)8(4-14)7(3-13)9(5)15;1-12-8-10-4-2-9(3-5-10)6-7-11/h2-5,18-23H,1,6-9H2;15-16H,5-8H2,1-4H3;6-7,10,15H,5,8-9H2,1-4H3;5-6,13-14H,3-4,7-8H2,1-2H3;4-5,12H,6-7H2,1-3H3;11-16H,1-4H2;2-5,11H,6-8H2,1H3. The summed E-state index contributed by atoms with van der Waals surface area (Å²) in [5.41, 5.74) is 17.5. The van der Waals surface area contributed by atoms with Gasteiger partial charge in [-0.15, -0.1) is 0 Å². The van der Waals surface area contributed by atoms with Gasteiger partial charge in [-0.2, -0.15) is 0 Å². The van der Waals surface area contributed by atoms with Crippen LogP contribution in [-0.2, 0) is 181 Å². The molecule has 0 spiro atoms. The molecule has 646 valence electrons. The predicted octanol–water partition coefficient (Wildman–Crippen LogP) is 9.34. The minimum absolute atomic E-state index is 0.0544. The molecule has 116 heavy (non-hydrogen) atoms. The third-order valence-electron chi connectivity index (χ3n) is 18.7. The average Bonchev–Trinajstić information content (AvgIpc) is 0.784. The molecular weight excluding hydrogens is 1500 g/mol. The van der Waals surface area contributed by atoms with E-state index in [0.717, 1.165) is 102 Å². The highest BCUT2D eigenvalue weighted by Crippen LogP contribution is 2.40. The number of benzene rings is 8. The van der Waals surface area contributed by atoms with Crippen molar-refractivity contribution in [3.05, 3.63) is 230 Å². The summed E-state index contributed by atoms with van der Waals surface area (Å²) < 4.78 is 45.5. The number of rotatable bonds is 36. The largest absolute Gasteiger partial charge is 0.507 e. The van der Waals surface area contributed by atoms with E-state index in [2.05, 4.69) is 13.8 Å². The Morgan fingerprint density at radius 2 is 0.517 bits per heavy atom. The number of aromatic hydroxyl groups is 8. The van der Waals surface area contributed by atoms with Crippen molar-refractivity contribution in [2.75, 3.05) is 83.8 Å². The van der Waals surface area contributed by atoms with Gasteiger partial charge < -0.3 is 140 Å². The third kappa shape index (κ3) is 31.3. The van der Waals surface area contributed by atoms with Crippen molar-refractivity contribution in [2.24, 2.45) is 0 Å². The fourth-order valence-electron chi connectivity index (χ4n) is 12.6. The molecule has 0 aliphatic rings. The van der Waals surface area contributed by atoms with Crippen molar-refractivity contribution < 1.29 is 140 Å². The van der Waals surface area contributed by atoms with Gasteiger partial charge in [0.15, 0.2) is 0 Å². The number of ether oxygens (including phenoxy) is 9. The molecule has 19 N–H and O–H groups in total. The van der Waals surface area contributed by atoms with Crippen LogP contribution in [0.2, 0.25) is 0 Å². The van der Waals surface area contributed by atoms with Crippen molar-refractivity contribution in [1.82, 2.24) is 0 Å². The second kappa shape index (κ2) is 56.7. The summed E-state index contributed by atoms with van der Waals surface area (Å²) in [6.45, 7) is 10.6. The predicted molar refractivity (Wildman–Crippen MR) is 437 cm³/mol. The number of phenolic OH excluding ortho intramolecular Hbond substituents is 4. The Morgan fingerprint density at radius 3 is 0.793 bits per heavy atom. The molecule has 28 heteroatoms. The van der Waals surface area contributed by atoms with Crippen molar-refractivity contribution >= 4 is 0 Å². The molecule has 0 amide bonds. The van der Waals surface area contributed by atoms with Crippen LogP contribution in [0.3, 0.4) is 0 Å². The molecule has 0 fully saturated rings. The van der Waals surface area contributed by atoms with Crippen LogP contribution in [0.1, 0.15) is 171 Å². The number of phenols is 8. The van der Waals surface area contributed by atoms with Crippen LogP contribution in [0.15, 0.2) is 84.9 Å². The van der Waals surface area contributed by atoms with Crippen LogP contribution < -0.4 is 0 Å². The topological polar surface area (TPSA) is 467 Å². The molecule has 0 radical (unpaired) electrons. The average molecular weight is 1630 g/mol. The monoisotopic (exact) mass is 1630 g/mol. The number of aliphatic hydroxyl groups is 11. The van der Waals surface area contributed by atoms with E-state index in [1.807, 2.05) is 81.4 Å². The van der Waals surface area contributed by atoms with E-state index in [-0.39, 0.29) is 97.2 Å². The van der Waals surface area contributed by atoms with Gasteiger partial charge in [-0.05, 0) is 157 Å². The molecule has 0 saturated carbocycles. The number of aryl methyl sites for hydroxylation is 1. The summed E-state index contributed by atoms with van der Waals surface area (Å²) in [4.78, 5) is 0. The first kappa shape index (κ1) is 103. The lowest BCUT2D eigenvalue weighted by molar-refractivity contribution is 0.173. The van der Waals surface area contributed by atoms with E-state index < -0.39 is 37.9 Å². The number of aliphatic hydroxyl groups excluding tert-OH is 11. The molecule has 28 nitrogen and oxygen atoms in total. The lowest BCUT2D eigenvalue weighted by Crippen LogP contribution is -2.07. The van der Waals surface area contributed by atoms with Gasteiger partial charge in [0, 0.05) is 173 Å². The van der Waals surface area contributed by atoms with E-state index in [9.17, 15) is 61.3 Å². The molecule has 0 aliphatic carbocycles. The van der Waals surface area contributed by atoms with Crippen LogP contribution in [-0.4, -0.2) is 181 Å². The summed E-state index contributed by atoms with van der Waals surface area (Å²) in [6, 6.07) is 26.1. The molecule has 1 atom stereocenters. The fraction of sp³-hybridized carbons (Fsp3) is 0.455. The summed E-state index contributed by atoms with van der Waals surface area (Å²) >= 11 is 0. The van der Waals surface area contributed by atoms with Crippen LogP contribution in [0.5, 0.6) is 46.0 Å². The molecule has 0 heterocycles. The van der Waals surface area contributed by atoms with Gasteiger partial charge in [0.05, 0.1) is 112 Å². The zero-order valence-electron chi connectivity index (χ0n) is 69.5. The lowest BCUT2D eigenvalue weighted by atomic mass is 9.90. The Bertz CT molecular complexity index is 3810. The molecule has 0 aliphatic heterocycles. The van der Waals surface area contributed by atoms with Gasteiger partial charge in [0.2, 0.25) is 0 Å². The molecule has 1 unspecified atom stereocenters. The lowest BCUT2D eigenvalue weighted by Gasteiger charge is -2.20. The molecule has 0 saturated heterocycles. The van der Waals surface area contributed by atoms with Crippen molar-refractivity contribution in [3.63, 3.8) is 0 Å². The maximum absolute atomic E-state index is 10.3. The minimum atomic E-state index is -0.589. The zero-order chi connectivity index (χ0) is 87.1. The van der Waals surface area contributed by atoms with Crippen LogP contribution in [0.25, 0.3) is 0 Å². The molecule has 8 rings (SSSR count). The first-order chi connectivity index (χ1) is 55.6. The maximum atomic E-state index is 10.3. The van der Waals surface area contributed by atoms with E-state index in [1.54, 1.807) is 88.3 Å². The van der Waals surface area contributed by atoms with Gasteiger partial charge in [-0.3, -0.25) is 0 Å². The van der Waals surface area contributed by atoms with Gasteiger partial charge in [0.25, 0.3) is 0 Å². The second-order valence-electron chi connectivity index (χ2n) is 26.9. The first-order valence-electron chi connectivity index (χ1n) is 37.4. The second-order valence-corrected chi connectivity index (χ2v) is 26.9. The third-order valence-corrected chi connectivity index (χ3v) is 18.7. The zero-order valence-corrected chi connectivity index (χ0v) is 69.5. The maximum Gasteiger partial charge on any atom is 0.127 e. The molecule has 0 bridgehead atoms. The summed E-state index contributed by atoms with van der Waals surface area (Å²) in [7, 11) is 14.5. The first-order valence-corrected chi connectivity index (χ1v) is 37.4. The summed E-state index contributed by atoms with van der Waals surface area (Å²) in [5, 5.41) is 179. The highest BCUT2D eigenvalue weighted by Gasteiger charge is 2.23. The van der Waals surface area contributed by atoms with Crippen LogP contribution in [0, 0.1) is 20.8 Å². The SMILES string of the molecule is CCC(C)c1cc(COC)c(O)c(COC)c1.COCc1c(C)c(CCO)c(C)c(COC)c1O.COCc1cc(C)cc(COC)c1O.COCc1cc(CCO)cc(COC)c1O.COCc1ccc(CCO)cc1.OCc1c(O)c(CO)c(CO)c(O)c1CO.OCc1cc(Cc2cc(CO)c(O)c(CO)c2)cc(CO)c1O. The molecule has 8 aromatic rings. The Hall–Kier alpha value is -8.64. The van der Waals surface area contributed by atoms with E-state index in [1.165, 1.54) is 11.1 Å². The number of hydrogen-bond donors (Lipinski definition) is 19. The molecule has 0 aromatic heterocycles. The fourth-order valence-corrected chi connectivity index (χ4v) is 12.6. The Balaban J connectivity index is 0.000000463. The van der Waals surface area contributed by atoms with Gasteiger partial charge in [-0.25, -0.2) is 0 Å². The van der Waals surface area contributed by atoms with Gasteiger partial charge >= 0.3 is 0 Å². The Morgan fingerprint density at radius 1 is 0.259 bits per heavy atom. The number of methoxy groups -OCH3 is 9. The highest BCUT2D eigenvalue weighted by atomic mass is 16.5. The Labute approximate surface area is 681 Å². The summed E-state index contributed by atoms with van der Waals surface area (Å²) in [6.07, 6.45) is 3.33. The van der Waals surface area contributed by atoms with E-state index in [4.69, 9.17) is 78.4 Å². The minimum Gasteiger partial charge on any atom is -0.507 e. The van der Waals surface area contributed by atoms with Crippen molar-refractivity contribution in [2.45, 2.75) is 185 Å². The summed E-state index contributed by atoms with van der Waals surface area (Å²) in [5.74, 6) is 0.405. The molecule has 8 aromatic carbocycles. The van der Waals surface area contributed by atoms with Gasteiger partial charge in [0.1, 0.15) is 46.0 Å². The van der Waals surface area contributed by atoms with E-state index in [0.29, 0.717) is 113 Å². The van der Waals surface area contributed by atoms with Crippen molar-refractivity contribution in [1.29, 1.82) is 0 Å². The van der Waals surface area contributed by atoms with Crippen molar-refractivity contribution in [3.8, 4) is 46.0 Å². The van der Waals surface area contributed by atoms with Crippen LogP contribution >= 0.6 is 0 Å². The van der Waals surface area contributed by atoms with E-state index >= 15 is 0 Å². The quantitative estimate of drug-likeness (QED) is 0.0162.